The molecule has 0 radical (unpaired) electrons. The van der Waals surface area contributed by atoms with Gasteiger partial charge in [0.2, 0.25) is 5.91 Å². The van der Waals surface area contributed by atoms with Crippen molar-refractivity contribution in [3.63, 3.8) is 0 Å². The standard InChI is InChI=1S/C21H28N4O/c26-20(11-6-9-17-7-2-1-3-8-17)25-14-5-4-10-19(25)21-23-22-16-24(21)15-18-12-13-18/h1-3,7-8,16,18-19H,4-6,9-15H2. The van der Waals surface area contributed by atoms with E-state index in [-0.39, 0.29) is 11.9 Å². The molecule has 1 aliphatic carbocycles. The van der Waals surface area contributed by atoms with Crippen LogP contribution in [0.1, 0.15) is 62.4 Å². The molecule has 5 heteroatoms. The molecule has 26 heavy (non-hydrogen) atoms. The predicted octanol–water partition coefficient (Wildman–Crippen LogP) is 3.76. The van der Waals surface area contributed by atoms with E-state index in [1.807, 2.05) is 12.4 Å². The van der Waals surface area contributed by atoms with Gasteiger partial charge in [0.1, 0.15) is 6.33 Å². The summed E-state index contributed by atoms with van der Waals surface area (Å²) in [5.74, 6) is 2.04. The van der Waals surface area contributed by atoms with Gasteiger partial charge in [-0.3, -0.25) is 4.79 Å². The molecule has 1 aromatic carbocycles. The Morgan fingerprint density at radius 1 is 1.12 bits per heavy atom. The molecule has 1 aromatic heterocycles. The molecule has 4 rings (SSSR count). The zero-order chi connectivity index (χ0) is 17.8. The molecule has 2 aromatic rings. The van der Waals surface area contributed by atoms with Gasteiger partial charge in [-0.1, -0.05) is 30.3 Å². The highest BCUT2D eigenvalue weighted by Crippen LogP contribution is 2.34. The maximum absolute atomic E-state index is 12.9. The Balaban J connectivity index is 1.38. The van der Waals surface area contributed by atoms with Gasteiger partial charge < -0.3 is 9.47 Å². The lowest BCUT2D eigenvalue weighted by Crippen LogP contribution is -2.39. The second-order valence-corrected chi connectivity index (χ2v) is 7.72. The summed E-state index contributed by atoms with van der Waals surface area (Å²) in [5, 5.41) is 8.55. The molecule has 1 saturated carbocycles. The fourth-order valence-corrected chi connectivity index (χ4v) is 3.97. The molecule has 0 spiro atoms. The smallest absolute Gasteiger partial charge is 0.223 e. The van der Waals surface area contributed by atoms with Crippen molar-refractivity contribution in [2.75, 3.05) is 6.54 Å². The van der Waals surface area contributed by atoms with Crippen LogP contribution in [-0.4, -0.2) is 32.1 Å². The molecule has 0 bridgehead atoms. The number of aromatic nitrogens is 3. The van der Waals surface area contributed by atoms with E-state index in [1.54, 1.807) is 0 Å². The summed E-state index contributed by atoms with van der Waals surface area (Å²) in [7, 11) is 0. The number of hydrogen-bond donors (Lipinski definition) is 0. The van der Waals surface area contributed by atoms with E-state index in [1.165, 1.54) is 18.4 Å². The Morgan fingerprint density at radius 2 is 1.96 bits per heavy atom. The molecule has 2 fully saturated rings. The van der Waals surface area contributed by atoms with Crippen molar-refractivity contribution in [3.8, 4) is 0 Å². The first kappa shape index (κ1) is 17.3. The minimum atomic E-state index is 0.106. The predicted molar refractivity (Wildman–Crippen MR) is 100 cm³/mol. The zero-order valence-electron chi connectivity index (χ0n) is 15.4. The molecule has 1 aliphatic heterocycles. The first-order valence-electron chi connectivity index (χ1n) is 10.0. The number of likely N-dealkylation sites (tertiary alicyclic amines) is 1. The molecule has 1 saturated heterocycles. The molecular weight excluding hydrogens is 324 g/mol. The second kappa shape index (κ2) is 8.02. The number of amides is 1. The van der Waals surface area contributed by atoms with Gasteiger partial charge in [0, 0.05) is 19.5 Å². The molecule has 1 atom stereocenters. The number of aryl methyl sites for hydroxylation is 1. The number of piperidine rings is 1. The third kappa shape index (κ3) is 4.14. The van der Waals surface area contributed by atoms with Crippen LogP contribution in [0.4, 0.5) is 0 Å². The lowest BCUT2D eigenvalue weighted by molar-refractivity contribution is -0.135. The number of carbonyl (C=O) groups excluding carboxylic acids is 1. The fraction of sp³-hybridized carbons (Fsp3) is 0.571. The van der Waals surface area contributed by atoms with Crippen LogP contribution < -0.4 is 0 Å². The van der Waals surface area contributed by atoms with Crippen molar-refractivity contribution >= 4 is 5.91 Å². The number of benzene rings is 1. The van der Waals surface area contributed by atoms with Crippen LogP contribution in [0, 0.1) is 5.92 Å². The monoisotopic (exact) mass is 352 g/mol. The van der Waals surface area contributed by atoms with Gasteiger partial charge >= 0.3 is 0 Å². The van der Waals surface area contributed by atoms with Crippen molar-refractivity contribution in [3.05, 3.63) is 48.0 Å². The number of hydrogen-bond acceptors (Lipinski definition) is 3. The van der Waals surface area contributed by atoms with Crippen LogP contribution in [-0.2, 0) is 17.8 Å². The van der Waals surface area contributed by atoms with E-state index >= 15 is 0 Å². The third-order valence-corrected chi connectivity index (χ3v) is 5.62. The number of rotatable bonds is 7. The topological polar surface area (TPSA) is 51.0 Å². The van der Waals surface area contributed by atoms with Crippen LogP contribution in [0.15, 0.2) is 36.7 Å². The highest BCUT2D eigenvalue weighted by atomic mass is 16.2. The SMILES string of the molecule is O=C(CCCc1ccccc1)N1CCCCC1c1nncn1CC1CC1. The fourth-order valence-electron chi connectivity index (χ4n) is 3.97. The Kier molecular flexibility index (Phi) is 5.32. The highest BCUT2D eigenvalue weighted by Gasteiger charge is 2.32. The molecule has 2 aliphatic rings. The van der Waals surface area contributed by atoms with Crippen LogP contribution in [0.5, 0.6) is 0 Å². The largest absolute Gasteiger partial charge is 0.332 e. The zero-order valence-corrected chi connectivity index (χ0v) is 15.4. The highest BCUT2D eigenvalue weighted by molar-refractivity contribution is 5.76. The van der Waals surface area contributed by atoms with Gasteiger partial charge in [0.05, 0.1) is 6.04 Å². The van der Waals surface area contributed by atoms with Gasteiger partial charge in [0.25, 0.3) is 0 Å². The van der Waals surface area contributed by atoms with Gasteiger partial charge in [-0.05, 0) is 56.4 Å². The third-order valence-electron chi connectivity index (χ3n) is 5.62. The molecule has 2 heterocycles. The van der Waals surface area contributed by atoms with E-state index < -0.39 is 0 Å². The van der Waals surface area contributed by atoms with E-state index in [0.717, 1.165) is 56.9 Å². The normalized spacial score (nSPS) is 20.3. The van der Waals surface area contributed by atoms with Gasteiger partial charge in [0.15, 0.2) is 5.82 Å². The van der Waals surface area contributed by atoms with Gasteiger partial charge in [-0.25, -0.2) is 0 Å². The van der Waals surface area contributed by atoms with Crippen molar-refractivity contribution < 1.29 is 4.79 Å². The average Bonchev–Trinajstić information content (AvgIpc) is 3.38. The summed E-state index contributed by atoms with van der Waals surface area (Å²) in [6.45, 7) is 1.86. The first-order valence-corrected chi connectivity index (χ1v) is 10.0. The maximum Gasteiger partial charge on any atom is 0.223 e. The summed E-state index contributed by atoms with van der Waals surface area (Å²) < 4.78 is 2.19. The van der Waals surface area contributed by atoms with Gasteiger partial charge in [-0.15, -0.1) is 10.2 Å². The van der Waals surface area contributed by atoms with Gasteiger partial charge in [-0.2, -0.15) is 0 Å². The minimum Gasteiger partial charge on any atom is -0.332 e. The minimum absolute atomic E-state index is 0.106. The lowest BCUT2D eigenvalue weighted by Gasteiger charge is -2.35. The Bertz CT molecular complexity index is 723. The maximum atomic E-state index is 12.9. The molecule has 1 unspecified atom stereocenters. The van der Waals surface area contributed by atoms with E-state index in [4.69, 9.17) is 0 Å². The van der Waals surface area contributed by atoms with Crippen LogP contribution in [0.3, 0.4) is 0 Å². The van der Waals surface area contributed by atoms with Crippen molar-refractivity contribution in [1.29, 1.82) is 0 Å². The van der Waals surface area contributed by atoms with Crippen molar-refractivity contribution in [2.45, 2.75) is 64.0 Å². The Labute approximate surface area is 155 Å². The summed E-state index contributed by atoms with van der Waals surface area (Å²) in [5.41, 5.74) is 1.31. The molecular formula is C21H28N4O. The first-order chi connectivity index (χ1) is 12.8. The summed E-state index contributed by atoms with van der Waals surface area (Å²) in [6.07, 6.45) is 10.2. The molecule has 138 valence electrons. The summed E-state index contributed by atoms with van der Waals surface area (Å²) in [6, 6.07) is 10.5. The van der Waals surface area contributed by atoms with Crippen LogP contribution in [0.25, 0.3) is 0 Å². The Hall–Kier alpha value is -2.17. The summed E-state index contributed by atoms with van der Waals surface area (Å²) in [4.78, 5) is 15.0. The van der Waals surface area contributed by atoms with Crippen molar-refractivity contribution in [1.82, 2.24) is 19.7 Å². The second-order valence-electron chi connectivity index (χ2n) is 7.72. The quantitative estimate of drug-likeness (QED) is 0.762. The van der Waals surface area contributed by atoms with E-state index in [2.05, 4.69) is 43.9 Å². The average molecular weight is 352 g/mol. The van der Waals surface area contributed by atoms with Crippen molar-refractivity contribution in [2.24, 2.45) is 5.92 Å². The van der Waals surface area contributed by atoms with Crippen LogP contribution >= 0.6 is 0 Å². The molecule has 5 nitrogen and oxygen atoms in total. The summed E-state index contributed by atoms with van der Waals surface area (Å²) >= 11 is 0. The Morgan fingerprint density at radius 3 is 2.77 bits per heavy atom. The molecule has 0 N–H and O–H groups in total. The lowest BCUT2D eigenvalue weighted by atomic mass is 10.00. The van der Waals surface area contributed by atoms with E-state index in [9.17, 15) is 4.79 Å². The number of nitrogens with zero attached hydrogens (tertiary/aromatic N) is 4. The van der Waals surface area contributed by atoms with Crippen LogP contribution in [0.2, 0.25) is 0 Å². The van der Waals surface area contributed by atoms with E-state index in [0.29, 0.717) is 6.42 Å². The number of carbonyl (C=O) groups is 1. The molecule has 1 amide bonds.